The van der Waals surface area contributed by atoms with Gasteiger partial charge in [-0.2, -0.15) is 10.1 Å². The third kappa shape index (κ3) is 1.50. The van der Waals surface area contributed by atoms with E-state index in [2.05, 4.69) is 15.1 Å². The Morgan fingerprint density at radius 3 is 2.94 bits per heavy atom. The summed E-state index contributed by atoms with van der Waals surface area (Å²) in [5.41, 5.74) is 1.11. The summed E-state index contributed by atoms with van der Waals surface area (Å²) in [6.07, 6.45) is 2.86. The van der Waals surface area contributed by atoms with Gasteiger partial charge in [-0.3, -0.25) is 9.63 Å². The maximum atomic E-state index is 11.9. The van der Waals surface area contributed by atoms with Crippen molar-refractivity contribution in [1.82, 2.24) is 24.6 Å². The minimum absolute atomic E-state index is 0.273. The SMILES string of the molecule is CON(C)C(=O)c1cnc2ncnn2c1C. The van der Waals surface area contributed by atoms with Crippen LogP contribution in [-0.2, 0) is 4.84 Å². The smallest absolute Gasteiger partial charge is 0.274 e. The summed E-state index contributed by atoms with van der Waals surface area (Å²) in [5.74, 6) is 0.194. The molecule has 0 saturated carbocycles. The van der Waals surface area contributed by atoms with E-state index in [4.69, 9.17) is 4.84 Å². The number of nitrogens with zero attached hydrogens (tertiary/aromatic N) is 5. The molecule has 0 bridgehead atoms. The van der Waals surface area contributed by atoms with Crippen molar-refractivity contribution in [1.29, 1.82) is 0 Å². The first-order valence-electron chi connectivity index (χ1n) is 4.62. The second-order valence-electron chi connectivity index (χ2n) is 3.21. The van der Waals surface area contributed by atoms with Crippen LogP contribution in [0, 0.1) is 6.92 Å². The highest BCUT2D eigenvalue weighted by molar-refractivity contribution is 5.94. The van der Waals surface area contributed by atoms with Gasteiger partial charge in [0.1, 0.15) is 6.33 Å². The molecule has 7 heteroatoms. The molecule has 0 fully saturated rings. The van der Waals surface area contributed by atoms with Crippen LogP contribution < -0.4 is 0 Å². The molecule has 0 aliphatic heterocycles. The standard InChI is InChI=1S/C9H11N5O2/c1-6-7(8(15)13(2)16-3)4-10-9-11-5-12-14(6)9/h4-5H,1-3H3. The maximum Gasteiger partial charge on any atom is 0.280 e. The predicted molar refractivity (Wildman–Crippen MR) is 54.6 cm³/mol. The zero-order chi connectivity index (χ0) is 11.7. The first-order chi connectivity index (χ1) is 7.65. The summed E-state index contributed by atoms with van der Waals surface area (Å²) >= 11 is 0. The van der Waals surface area contributed by atoms with Crippen molar-refractivity contribution in [2.75, 3.05) is 14.2 Å². The van der Waals surface area contributed by atoms with Crippen molar-refractivity contribution in [3.8, 4) is 0 Å². The molecule has 0 spiro atoms. The Kier molecular flexibility index (Phi) is 2.53. The first-order valence-corrected chi connectivity index (χ1v) is 4.62. The van der Waals surface area contributed by atoms with E-state index < -0.39 is 0 Å². The lowest BCUT2D eigenvalue weighted by Gasteiger charge is -2.14. The van der Waals surface area contributed by atoms with E-state index in [9.17, 15) is 4.79 Å². The number of carbonyl (C=O) groups excluding carboxylic acids is 1. The Labute approximate surface area is 91.6 Å². The molecule has 2 aromatic heterocycles. The maximum absolute atomic E-state index is 11.9. The van der Waals surface area contributed by atoms with Gasteiger partial charge < -0.3 is 0 Å². The Hall–Kier alpha value is -2.02. The van der Waals surface area contributed by atoms with Crippen LogP contribution in [0.1, 0.15) is 16.1 Å². The fraction of sp³-hybridized carbons (Fsp3) is 0.333. The average Bonchev–Trinajstić information content (AvgIpc) is 2.76. The van der Waals surface area contributed by atoms with Gasteiger partial charge in [-0.1, -0.05) is 0 Å². The van der Waals surface area contributed by atoms with Crippen LogP contribution in [0.3, 0.4) is 0 Å². The van der Waals surface area contributed by atoms with Crippen molar-refractivity contribution >= 4 is 11.7 Å². The molecule has 16 heavy (non-hydrogen) atoms. The van der Waals surface area contributed by atoms with Crippen molar-refractivity contribution in [2.24, 2.45) is 0 Å². The molecule has 0 unspecified atom stereocenters. The zero-order valence-electron chi connectivity index (χ0n) is 9.21. The number of aromatic nitrogens is 4. The first kappa shape index (κ1) is 10.5. The third-order valence-electron chi connectivity index (χ3n) is 2.34. The molecule has 84 valence electrons. The van der Waals surface area contributed by atoms with E-state index in [1.165, 1.54) is 31.2 Å². The molecule has 2 aromatic rings. The summed E-state index contributed by atoms with van der Waals surface area (Å²) in [6, 6.07) is 0. The van der Waals surface area contributed by atoms with E-state index in [0.717, 1.165) is 5.06 Å². The summed E-state index contributed by atoms with van der Waals surface area (Å²) in [4.78, 5) is 24.6. The van der Waals surface area contributed by atoms with Crippen LogP contribution in [0.4, 0.5) is 0 Å². The fourth-order valence-electron chi connectivity index (χ4n) is 1.35. The van der Waals surface area contributed by atoms with E-state index in [1.54, 1.807) is 6.92 Å². The number of amides is 1. The lowest BCUT2D eigenvalue weighted by Crippen LogP contribution is -2.27. The molecular weight excluding hydrogens is 210 g/mol. The van der Waals surface area contributed by atoms with E-state index in [1.807, 2.05) is 0 Å². The second kappa shape index (κ2) is 3.86. The fourth-order valence-corrected chi connectivity index (χ4v) is 1.35. The highest BCUT2D eigenvalue weighted by atomic mass is 16.7. The molecule has 0 atom stereocenters. The van der Waals surface area contributed by atoms with Crippen LogP contribution in [0.2, 0.25) is 0 Å². The van der Waals surface area contributed by atoms with Crippen LogP contribution in [-0.4, -0.2) is 44.7 Å². The number of fused-ring (bicyclic) bond motifs is 1. The van der Waals surface area contributed by atoms with Gasteiger partial charge in [0.15, 0.2) is 0 Å². The average molecular weight is 221 g/mol. The minimum Gasteiger partial charge on any atom is -0.274 e. The molecule has 7 nitrogen and oxygen atoms in total. The van der Waals surface area contributed by atoms with Gasteiger partial charge in [0, 0.05) is 13.2 Å². The Bertz CT molecular complexity index is 536. The molecule has 0 aliphatic rings. The summed E-state index contributed by atoms with van der Waals surface area (Å²) < 4.78 is 1.51. The van der Waals surface area contributed by atoms with Gasteiger partial charge in [-0.05, 0) is 6.92 Å². The quantitative estimate of drug-likeness (QED) is 0.671. The van der Waals surface area contributed by atoms with Crippen LogP contribution in [0.5, 0.6) is 0 Å². The van der Waals surface area contributed by atoms with E-state index >= 15 is 0 Å². The molecule has 1 amide bonds. The molecule has 2 rings (SSSR count). The second-order valence-corrected chi connectivity index (χ2v) is 3.21. The third-order valence-corrected chi connectivity index (χ3v) is 2.34. The Morgan fingerprint density at radius 1 is 1.50 bits per heavy atom. The number of hydrogen-bond donors (Lipinski definition) is 0. The van der Waals surface area contributed by atoms with Crippen molar-refractivity contribution in [3.63, 3.8) is 0 Å². The topological polar surface area (TPSA) is 72.6 Å². The summed E-state index contributed by atoms with van der Waals surface area (Å²) in [7, 11) is 2.96. The number of carbonyl (C=O) groups is 1. The van der Waals surface area contributed by atoms with E-state index in [-0.39, 0.29) is 5.91 Å². The molecular formula is C9H11N5O2. The monoisotopic (exact) mass is 221 g/mol. The highest BCUT2D eigenvalue weighted by Crippen LogP contribution is 2.09. The lowest BCUT2D eigenvalue weighted by atomic mass is 10.2. The minimum atomic E-state index is -0.273. The van der Waals surface area contributed by atoms with Crippen molar-refractivity contribution < 1.29 is 9.63 Å². The van der Waals surface area contributed by atoms with Crippen molar-refractivity contribution in [2.45, 2.75) is 6.92 Å². The van der Waals surface area contributed by atoms with Gasteiger partial charge in [0.05, 0.1) is 18.4 Å². The summed E-state index contributed by atoms with van der Waals surface area (Å²) in [5, 5.41) is 5.11. The van der Waals surface area contributed by atoms with E-state index in [0.29, 0.717) is 17.0 Å². The number of aryl methyl sites for hydroxylation is 1. The van der Waals surface area contributed by atoms with Gasteiger partial charge in [-0.15, -0.1) is 0 Å². The molecule has 0 saturated heterocycles. The lowest BCUT2D eigenvalue weighted by molar-refractivity contribution is -0.0758. The van der Waals surface area contributed by atoms with Gasteiger partial charge in [0.2, 0.25) is 0 Å². The number of rotatable bonds is 2. The molecule has 0 N–H and O–H groups in total. The summed E-state index contributed by atoms with van der Waals surface area (Å²) in [6.45, 7) is 1.78. The van der Waals surface area contributed by atoms with Crippen LogP contribution in [0.25, 0.3) is 5.78 Å². The largest absolute Gasteiger partial charge is 0.280 e. The van der Waals surface area contributed by atoms with Crippen LogP contribution >= 0.6 is 0 Å². The number of hydrogen-bond acceptors (Lipinski definition) is 5. The Morgan fingerprint density at radius 2 is 2.25 bits per heavy atom. The van der Waals surface area contributed by atoms with Crippen LogP contribution in [0.15, 0.2) is 12.5 Å². The number of hydroxylamine groups is 2. The highest BCUT2D eigenvalue weighted by Gasteiger charge is 2.17. The van der Waals surface area contributed by atoms with Gasteiger partial charge in [-0.25, -0.2) is 14.6 Å². The molecule has 0 radical (unpaired) electrons. The van der Waals surface area contributed by atoms with Crippen molar-refractivity contribution in [3.05, 3.63) is 23.8 Å². The van der Waals surface area contributed by atoms with Gasteiger partial charge >= 0.3 is 0 Å². The molecule has 0 aromatic carbocycles. The zero-order valence-corrected chi connectivity index (χ0v) is 9.21. The van der Waals surface area contributed by atoms with Gasteiger partial charge in [0.25, 0.3) is 11.7 Å². The Balaban J connectivity index is 2.52. The predicted octanol–water partition coefficient (Wildman–Crippen LogP) is 0.0661. The molecule has 0 aliphatic carbocycles. The normalized spacial score (nSPS) is 10.7. The molecule has 2 heterocycles.